The Morgan fingerprint density at radius 1 is 0.529 bits per heavy atom. The normalized spacial score (nSPS) is 12.3. The summed E-state index contributed by atoms with van der Waals surface area (Å²) < 4.78 is 82.7. The van der Waals surface area contributed by atoms with Crippen molar-refractivity contribution in [1.29, 1.82) is 0 Å². The zero-order valence-electron chi connectivity index (χ0n) is 30.4. The van der Waals surface area contributed by atoms with Crippen LogP contribution in [0.4, 0.5) is 17.6 Å². The van der Waals surface area contributed by atoms with Crippen LogP contribution in [0.2, 0.25) is 0 Å². The Balaban J connectivity index is 0.000000727. The van der Waals surface area contributed by atoms with Gasteiger partial charge in [0.25, 0.3) is 0 Å². The molecule has 0 fully saturated rings. The first kappa shape index (κ1) is 48.3. The van der Waals surface area contributed by atoms with Crippen LogP contribution in [0.3, 0.4) is 0 Å². The smallest absolute Gasteiger partial charge is 0.546 e. The second kappa shape index (κ2) is 33.1. The zero-order chi connectivity index (χ0) is 36.7. The van der Waals surface area contributed by atoms with Crippen molar-refractivity contribution in [3.63, 3.8) is 0 Å². The molecule has 0 spiro atoms. The van der Waals surface area contributed by atoms with Crippen LogP contribution in [0, 0.1) is 47.6 Å². The van der Waals surface area contributed by atoms with Crippen LogP contribution in [0.5, 0.6) is 11.5 Å². The minimum absolute atomic E-state index is 0. The first-order chi connectivity index (χ1) is 24.3. The summed E-state index contributed by atoms with van der Waals surface area (Å²) in [5.74, 6) is -3.20. The molecule has 0 radical (unpaired) electrons. The fraction of sp³-hybridized carbons (Fsp3) is 0.500. The van der Waals surface area contributed by atoms with E-state index < -0.39 is 23.3 Å². The molecule has 51 heavy (non-hydrogen) atoms. The maximum absolute atomic E-state index is 13.1. The summed E-state index contributed by atoms with van der Waals surface area (Å²) >= 11 is 0. The minimum Gasteiger partial charge on any atom is -0.546 e. The van der Waals surface area contributed by atoms with Crippen LogP contribution >= 0.6 is 0 Å². The van der Waals surface area contributed by atoms with E-state index in [1.54, 1.807) is 0 Å². The Labute approximate surface area is 317 Å². The van der Waals surface area contributed by atoms with Crippen molar-refractivity contribution in [2.75, 3.05) is 66.1 Å². The van der Waals surface area contributed by atoms with E-state index in [1.807, 2.05) is 12.1 Å². The molecule has 6 nitrogen and oxygen atoms in total. The van der Waals surface area contributed by atoms with E-state index in [2.05, 4.69) is 64.2 Å². The standard InChI is InChI=1S/2C14H19F2O3.2C6H7.Ti/c2*1-2-3-6-17-7-8-18-9-10-19-14-5-4-12(15)11-13(14)16;2*1-6-4-2-3-5-6;/h2*4-5H,2-3,6-10H2,1H3;2*2,4H,3H2,1H3;/q4*-1;+4. The maximum Gasteiger partial charge on any atom is 4.00 e. The largest absolute Gasteiger partial charge is 4.00 e. The van der Waals surface area contributed by atoms with Crippen molar-refractivity contribution in [3.05, 3.63) is 107 Å². The van der Waals surface area contributed by atoms with Crippen molar-refractivity contribution in [1.82, 2.24) is 0 Å². The van der Waals surface area contributed by atoms with Crippen molar-refractivity contribution in [2.24, 2.45) is 0 Å². The van der Waals surface area contributed by atoms with Gasteiger partial charge in [0, 0.05) is 36.3 Å². The van der Waals surface area contributed by atoms with Crippen LogP contribution < -0.4 is 9.47 Å². The Hall–Kier alpha value is -2.73. The molecular formula is C40H52F4O6Ti. The molecule has 2 aliphatic carbocycles. The van der Waals surface area contributed by atoms with Gasteiger partial charge in [0.15, 0.2) is 0 Å². The summed E-state index contributed by atoms with van der Waals surface area (Å²) in [6, 6.07) is 8.46. The quantitative estimate of drug-likeness (QED) is 0.0582. The van der Waals surface area contributed by atoms with Gasteiger partial charge < -0.3 is 28.4 Å². The Kier molecular flexibility index (Phi) is 31.4. The molecule has 0 unspecified atom stereocenters. The molecule has 0 saturated carbocycles. The molecule has 0 atom stereocenters. The van der Waals surface area contributed by atoms with Crippen LogP contribution in [-0.4, -0.2) is 66.1 Å². The number of benzene rings is 2. The van der Waals surface area contributed by atoms with Gasteiger partial charge in [-0.25, -0.2) is 40.9 Å². The van der Waals surface area contributed by atoms with E-state index in [0.29, 0.717) is 39.6 Å². The van der Waals surface area contributed by atoms with Crippen molar-refractivity contribution in [3.8, 4) is 11.5 Å². The van der Waals surface area contributed by atoms with Crippen molar-refractivity contribution < 1.29 is 67.7 Å². The predicted octanol–water partition coefficient (Wildman–Crippen LogP) is 9.34. The molecule has 0 heterocycles. The molecule has 0 amide bonds. The van der Waals surface area contributed by atoms with Gasteiger partial charge in [-0.2, -0.15) is 12.2 Å². The van der Waals surface area contributed by atoms with Gasteiger partial charge in [0.05, 0.1) is 64.5 Å². The third-order valence-electron chi connectivity index (χ3n) is 6.39. The molecule has 2 aromatic carbocycles. The Morgan fingerprint density at radius 3 is 1.16 bits per heavy atom. The number of unbranched alkanes of at least 4 members (excludes halogenated alkanes) is 2. The molecular weight excluding hydrogens is 700 g/mol. The summed E-state index contributed by atoms with van der Waals surface area (Å²) in [4.78, 5) is 0. The Morgan fingerprint density at radius 2 is 0.882 bits per heavy atom. The van der Waals surface area contributed by atoms with Gasteiger partial charge in [-0.3, -0.25) is 12.2 Å². The second-order valence-corrected chi connectivity index (χ2v) is 10.8. The summed E-state index contributed by atoms with van der Waals surface area (Å²) in [5.41, 5.74) is 2.55. The average Bonchev–Trinajstić information content (AvgIpc) is 3.79. The predicted molar refractivity (Wildman–Crippen MR) is 187 cm³/mol. The topological polar surface area (TPSA) is 55.4 Å². The van der Waals surface area contributed by atoms with Crippen LogP contribution in [0.1, 0.15) is 66.2 Å². The molecule has 0 saturated heterocycles. The maximum atomic E-state index is 13.1. The summed E-state index contributed by atoms with van der Waals surface area (Å²) in [6.45, 7) is 12.9. The first-order valence-corrected chi connectivity index (χ1v) is 17.1. The van der Waals surface area contributed by atoms with Crippen molar-refractivity contribution >= 4 is 0 Å². The average molecular weight is 753 g/mol. The number of hydrogen-bond acceptors (Lipinski definition) is 6. The van der Waals surface area contributed by atoms with Gasteiger partial charge in [0.1, 0.15) is 0 Å². The molecule has 11 heteroatoms. The number of rotatable bonds is 20. The minimum atomic E-state index is -0.831. The second-order valence-electron chi connectivity index (χ2n) is 10.8. The number of halogens is 4. The molecule has 0 N–H and O–H groups in total. The number of allylic oxidation sites excluding steroid dienone is 8. The molecule has 0 aliphatic heterocycles. The molecule has 280 valence electrons. The van der Waals surface area contributed by atoms with Gasteiger partial charge in [0.2, 0.25) is 0 Å². The van der Waals surface area contributed by atoms with E-state index in [9.17, 15) is 17.6 Å². The monoisotopic (exact) mass is 752 g/mol. The Bertz CT molecular complexity index is 1180. The zero-order valence-corrected chi connectivity index (χ0v) is 32.0. The summed E-state index contributed by atoms with van der Waals surface area (Å²) in [6.07, 6.45) is 21.0. The van der Waals surface area contributed by atoms with Gasteiger partial charge >= 0.3 is 21.7 Å². The van der Waals surface area contributed by atoms with Crippen LogP contribution in [-0.2, 0) is 40.7 Å². The van der Waals surface area contributed by atoms with E-state index >= 15 is 0 Å². The van der Waals surface area contributed by atoms with Gasteiger partial charge in [-0.05, 0) is 12.8 Å². The number of hydrogen-bond donors (Lipinski definition) is 0. The third-order valence-corrected chi connectivity index (χ3v) is 6.39. The van der Waals surface area contributed by atoms with Crippen molar-refractivity contribution in [2.45, 2.75) is 66.2 Å². The fourth-order valence-electron chi connectivity index (χ4n) is 3.67. The molecule has 4 rings (SSSR count). The van der Waals surface area contributed by atoms with Crippen LogP contribution in [0.15, 0.2) is 59.7 Å². The van der Waals surface area contributed by atoms with E-state index in [4.69, 9.17) is 28.4 Å². The van der Waals surface area contributed by atoms with Crippen LogP contribution in [0.25, 0.3) is 0 Å². The SMILES string of the molecule is CC1=[C-]CC=C1.CC1=[C-]CC=C1.CCCCOCCOCCOc1ccc(F)[c-]c1F.CCCCOCCOCCOc1ccc(F)[c-]c1F.[Ti+4]. The first-order valence-electron chi connectivity index (χ1n) is 17.1. The fourth-order valence-corrected chi connectivity index (χ4v) is 3.67. The third kappa shape index (κ3) is 27.6. The summed E-state index contributed by atoms with van der Waals surface area (Å²) in [5, 5.41) is 0. The van der Waals surface area contributed by atoms with E-state index in [1.165, 1.54) is 23.3 Å². The van der Waals surface area contributed by atoms with Gasteiger partial charge in [-0.15, -0.1) is 49.2 Å². The molecule has 2 aromatic rings. The summed E-state index contributed by atoms with van der Waals surface area (Å²) in [7, 11) is 0. The van der Waals surface area contributed by atoms with E-state index in [-0.39, 0.29) is 46.4 Å². The molecule has 0 bridgehead atoms. The molecule has 0 aromatic heterocycles. The van der Waals surface area contributed by atoms with E-state index in [0.717, 1.165) is 63.9 Å². The van der Waals surface area contributed by atoms with Gasteiger partial charge in [-0.1, -0.05) is 40.5 Å². The number of ether oxygens (including phenoxy) is 6. The molecule has 2 aliphatic rings.